The molecule has 2 aromatic carbocycles. The Morgan fingerprint density at radius 2 is 1.68 bits per heavy atom. The van der Waals surface area contributed by atoms with Gasteiger partial charge in [0.25, 0.3) is 0 Å². The monoisotopic (exact) mass is 393 g/mol. The van der Waals surface area contributed by atoms with Crippen LogP contribution in [0.5, 0.6) is 0 Å². The van der Waals surface area contributed by atoms with Crippen LogP contribution >= 0.6 is 11.3 Å². The van der Waals surface area contributed by atoms with E-state index in [1.165, 1.54) is 0 Å². The maximum Gasteiger partial charge on any atom is 0.323 e. The summed E-state index contributed by atoms with van der Waals surface area (Å²) in [5, 5.41) is 12.2. The Kier molecular flexibility index (Phi) is 5.96. The van der Waals surface area contributed by atoms with Gasteiger partial charge in [0, 0.05) is 55.0 Å². The first-order valence-corrected chi connectivity index (χ1v) is 10.3. The van der Waals surface area contributed by atoms with Gasteiger partial charge in [-0.15, -0.1) is 11.3 Å². The fraction of sp³-hybridized carbons (Fsp3) is 0.238. The van der Waals surface area contributed by atoms with E-state index in [4.69, 9.17) is 4.98 Å². The number of para-hydroxylation sites is 1. The number of carbonyl (C=O) groups excluding carboxylic acids is 1. The summed E-state index contributed by atoms with van der Waals surface area (Å²) in [6.07, 6.45) is 0. The lowest BCUT2D eigenvalue weighted by Gasteiger charge is -2.26. The number of aromatic nitrogens is 1. The van der Waals surface area contributed by atoms with E-state index in [1.54, 1.807) is 11.3 Å². The molecule has 1 fully saturated rings. The average Bonchev–Trinajstić information content (AvgIpc) is 3.18. The van der Waals surface area contributed by atoms with Crippen LogP contribution in [-0.2, 0) is 6.54 Å². The summed E-state index contributed by atoms with van der Waals surface area (Å²) in [5.41, 5.74) is 3.68. The van der Waals surface area contributed by atoms with Crippen molar-refractivity contribution in [2.24, 2.45) is 0 Å². The predicted octanol–water partition coefficient (Wildman–Crippen LogP) is 3.86. The van der Waals surface area contributed by atoms with Crippen LogP contribution in [0.15, 0.2) is 60.0 Å². The molecule has 0 bridgehead atoms. The number of nitrogens with one attached hydrogen (secondary N) is 3. The van der Waals surface area contributed by atoms with Crippen LogP contribution in [0.2, 0.25) is 0 Å². The van der Waals surface area contributed by atoms with Gasteiger partial charge in [-0.1, -0.05) is 18.2 Å². The van der Waals surface area contributed by atoms with Gasteiger partial charge in [0.2, 0.25) is 0 Å². The molecule has 28 heavy (non-hydrogen) atoms. The Labute approximate surface area is 168 Å². The van der Waals surface area contributed by atoms with Crippen molar-refractivity contribution in [1.82, 2.24) is 15.2 Å². The minimum absolute atomic E-state index is 0.258. The summed E-state index contributed by atoms with van der Waals surface area (Å²) in [7, 11) is 0. The van der Waals surface area contributed by atoms with Gasteiger partial charge in [0.15, 0.2) is 0 Å². The summed E-state index contributed by atoms with van der Waals surface area (Å²) in [5.74, 6) is 0. The number of benzene rings is 2. The molecule has 1 aromatic heterocycles. The fourth-order valence-electron chi connectivity index (χ4n) is 3.12. The highest BCUT2D eigenvalue weighted by Crippen LogP contribution is 2.25. The second-order valence-corrected chi connectivity index (χ2v) is 7.55. The molecule has 2 heterocycles. The van der Waals surface area contributed by atoms with Gasteiger partial charge < -0.3 is 16.0 Å². The molecule has 6 nitrogen and oxygen atoms in total. The van der Waals surface area contributed by atoms with E-state index >= 15 is 0 Å². The molecule has 1 aliphatic heterocycles. The van der Waals surface area contributed by atoms with E-state index in [0.717, 1.165) is 60.4 Å². The number of carbonyl (C=O) groups is 1. The molecule has 4 rings (SSSR count). The van der Waals surface area contributed by atoms with Crippen LogP contribution in [0.3, 0.4) is 0 Å². The molecule has 3 N–H and O–H groups in total. The zero-order chi connectivity index (χ0) is 19.2. The van der Waals surface area contributed by atoms with Crippen LogP contribution in [0, 0.1) is 0 Å². The number of nitrogens with zero attached hydrogens (tertiary/aromatic N) is 2. The van der Waals surface area contributed by atoms with Gasteiger partial charge in [0.1, 0.15) is 5.01 Å². The summed E-state index contributed by atoms with van der Waals surface area (Å²) in [6.45, 7) is 5.13. The fourth-order valence-corrected chi connectivity index (χ4v) is 3.94. The Bertz CT molecular complexity index is 904. The van der Waals surface area contributed by atoms with Crippen LogP contribution in [0.1, 0.15) is 5.69 Å². The van der Waals surface area contributed by atoms with Crippen molar-refractivity contribution in [3.63, 3.8) is 0 Å². The number of amides is 2. The number of piperazine rings is 1. The van der Waals surface area contributed by atoms with Gasteiger partial charge in [-0.25, -0.2) is 9.78 Å². The minimum atomic E-state index is -0.258. The SMILES string of the molecule is O=C(Nc1ccccc1)Nc1ccc(-c2nc(CN3CCNCC3)cs2)cc1. The van der Waals surface area contributed by atoms with Crippen molar-refractivity contribution in [1.29, 1.82) is 0 Å². The molecule has 1 saturated heterocycles. The molecule has 0 unspecified atom stereocenters. The summed E-state index contributed by atoms with van der Waals surface area (Å²) < 4.78 is 0. The van der Waals surface area contributed by atoms with E-state index < -0.39 is 0 Å². The van der Waals surface area contributed by atoms with Crippen molar-refractivity contribution >= 4 is 28.7 Å². The second kappa shape index (κ2) is 8.97. The van der Waals surface area contributed by atoms with E-state index in [1.807, 2.05) is 54.6 Å². The Morgan fingerprint density at radius 1 is 1.00 bits per heavy atom. The van der Waals surface area contributed by atoms with E-state index in [9.17, 15) is 4.79 Å². The Hall–Kier alpha value is -2.74. The lowest BCUT2D eigenvalue weighted by molar-refractivity contribution is 0.231. The molecule has 3 aromatic rings. The molecule has 0 atom stereocenters. The molecule has 1 aliphatic rings. The standard InChI is InChI=1S/C21H23N5OS/c27-21(24-17-4-2-1-3-5-17)25-18-8-6-16(7-9-18)20-23-19(15-28-20)14-26-12-10-22-11-13-26/h1-9,15,22H,10-14H2,(H2,24,25,27). The Morgan fingerprint density at radius 3 is 2.39 bits per heavy atom. The third-order valence-corrected chi connectivity index (χ3v) is 5.51. The molecule has 2 amide bonds. The normalized spacial score (nSPS) is 14.6. The lowest BCUT2D eigenvalue weighted by Crippen LogP contribution is -2.42. The zero-order valence-corrected chi connectivity index (χ0v) is 16.3. The number of anilines is 2. The highest BCUT2D eigenvalue weighted by molar-refractivity contribution is 7.13. The van der Waals surface area contributed by atoms with Gasteiger partial charge >= 0.3 is 6.03 Å². The summed E-state index contributed by atoms with van der Waals surface area (Å²) >= 11 is 1.66. The molecular weight excluding hydrogens is 370 g/mol. The van der Waals surface area contributed by atoms with Crippen LogP contribution < -0.4 is 16.0 Å². The van der Waals surface area contributed by atoms with E-state index in [2.05, 4.69) is 26.2 Å². The number of hydrogen-bond donors (Lipinski definition) is 3. The topological polar surface area (TPSA) is 69.3 Å². The van der Waals surface area contributed by atoms with Crippen LogP contribution in [0.4, 0.5) is 16.2 Å². The first-order chi connectivity index (χ1) is 13.8. The minimum Gasteiger partial charge on any atom is -0.314 e. The highest BCUT2D eigenvalue weighted by Gasteiger charge is 2.12. The molecule has 7 heteroatoms. The molecule has 0 radical (unpaired) electrons. The van der Waals surface area contributed by atoms with Gasteiger partial charge in [-0.2, -0.15) is 0 Å². The van der Waals surface area contributed by atoms with Crippen LogP contribution in [0.25, 0.3) is 10.6 Å². The molecule has 0 saturated carbocycles. The van der Waals surface area contributed by atoms with Gasteiger partial charge in [-0.05, 0) is 36.4 Å². The van der Waals surface area contributed by atoms with Crippen LogP contribution in [-0.4, -0.2) is 42.1 Å². The van der Waals surface area contributed by atoms with E-state index in [0.29, 0.717) is 0 Å². The van der Waals surface area contributed by atoms with E-state index in [-0.39, 0.29) is 6.03 Å². The van der Waals surface area contributed by atoms with Crippen molar-refractivity contribution in [2.45, 2.75) is 6.54 Å². The highest BCUT2D eigenvalue weighted by atomic mass is 32.1. The maximum atomic E-state index is 12.1. The molecule has 0 spiro atoms. The molecule has 0 aliphatic carbocycles. The number of urea groups is 1. The predicted molar refractivity (Wildman–Crippen MR) is 115 cm³/mol. The van der Waals surface area contributed by atoms with Crippen molar-refractivity contribution < 1.29 is 4.79 Å². The van der Waals surface area contributed by atoms with Gasteiger partial charge in [0.05, 0.1) is 5.69 Å². The lowest BCUT2D eigenvalue weighted by atomic mass is 10.2. The first-order valence-electron chi connectivity index (χ1n) is 9.37. The zero-order valence-electron chi connectivity index (χ0n) is 15.5. The maximum absolute atomic E-state index is 12.1. The molecular formula is C21H23N5OS. The van der Waals surface area contributed by atoms with Crippen molar-refractivity contribution in [3.05, 3.63) is 65.7 Å². The first kappa shape index (κ1) is 18.6. The third kappa shape index (κ3) is 4.95. The largest absolute Gasteiger partial charge is 0.323 e. The third-order valence-electron chi connectivity index (χ3n) is 4.57. The number of hydrogen-bond acceptors (Lipinski definition) is 5. The van der Waals surface area contributed by atoms with Crippen molar-refractivity contribution in [3.8, 4) is 10.6 Å². The summed E-state index contributed by atoms with van der Waals surface area (Å²) in [6, 6.07) is 16.9. The second-order valence-electron chi connectivity index (χ2n) is 6.69. The number of thiazole rings is 1. The summed E-state index contributed by atoms with van der Waals surface area (Å²) in [4.78, 5) is 19.3. The smallest absolute Gasteiger partial charge is 0.314 e. The quantitative estimate of drug-likeness (QED) is 0.616. The van der Waals surface area contributed by atoms with Crippen molar-refractivity contribution in [2.75, 3.05) is 36.8 Å². The van der Waals surface area contributed by atoms with Gasteiger partial charge in [-0.3, -0.25) is 4.90 Å². The Balaban J connectivity index is 1.34. The molecule has 144 valence electrons. The average molecular weight is 394 g/mol. The number of rotatable bonds is 5.